The second-order valence-electron chi connectivity index (χ2n) is 6.56. The van der Waals surface area contributed by atoms with Crippen molar-refractivity contribution >= 4 is 17.4 Å². The van der Waals surface area contributed by atoms with Gasteiger partial charge in [0.2, 0.25) is 0 Å². The van der Waals surface area contributed by atoms with E-state index in [0.717, 1.165) is 32.0 Å². The van der Waals surface area contributed by atoms with Gasteiger partial charge in [0, 0.05) is 38.8 Å². The molecule has 1 aromatic rings. The molecule has 22 heavy (non-hydrogen) atoms. The zero-order chi connectivity index (χ0) is 16.2. The first-order chi connectivity index (χ1) is 10.3. The molecule has 1 aliphatic rings. The minimum Gasteiger partial charge on any atom is -0.389 e. The maximum absolute atomic E-state index is 10.1. The number of nitrogens with zero attached hydrogens (tertiary/aromatic N) is 4. The number of anilines is 1. The third-order valence-electron chi connectivity index (χ3n) is 3.49. The van der Waals surface area contributed by atoms with Crippen LogP contribution in [-0.2, 0) is 4.74 Å². The topological polar surface area (TPSA) is 61.7 Å². The molecule has 2 rings (SSSR count). The maximum atomic E-state index is 10.1. The highest BCUT2D eigenvalue weighted by atomic mass is 35.5. The Morgan fingerprint density at radius 1 is 1.27 bits per heavy atom. The fraction of sp³-hybridized carbons (Fsp3) is 0.733. The summed E-state index contributed by atoms with van der Waals surface area (Å²) < 4.78 is 5.62. The van der Waals surface area contributed by atoms with Crippen molar-refractivity contribution in [2.24, 2.45) is 0 Å². The Balaban J connectivity index is 1.75. The van der Waals surface area contributed by atoms with E-state index in [9.17, 15) is 5.11 Å². The largest absolute Gasteiger partial charge is 0.389 e. The molecule has 0 bridgehead atoms. The molecule has 1 aromatic heterocycles. The molecule has 0 aliphatic carbocycles. The molecular formula is C15H25ClN4O2. The Kier molecular flexibility index (Phi) is 5.97. The van der Waals surface area contributed by atoms with Crippen molar-refractivity contribution in [2.45, 2.75) is 32.5 Å². The van der Waals surface area contributed by atoms with E-state index >= 15 is 0 Å². The van der Waals surface area contributed by atoms with Gasteiger partial charge in [0.1, 0.15) is 17.3 Å². The molecule has 0 spiro atoms. The molecule has 0 aromatic carbocycles. The molecule has 7 heteroatoms. The summed E-state index contributed by atoms with van der Waals surface area (Å²) in [6.07, 6.45) is 1.02. The first-order valence-corrected chi connectivity index (χ1v) is 7.98. The molecule has 1 unspecified atom stereocenters. The number of hydrogen-bond acceptors (Lipinski definition) is 6. The summed E-state index contributed by atoms with van der Waals surface area (Å²) in [7, 11) is 0. The van der Waals surface area contributed by atoms with Gasteiger partial charge in [-0.3, -0.25) is 4.90 Å². The number of rotatable bonds is 5. The predicted octanol–water partition coefficient (Wildman–Crippen LogP) is 1.43. The Morgan fingerprint density at radius 3 is 2.55 bits per heavy atom. The Labute approximate surface area is 137 Å². The summed E-state index contributed by atoms with van der Waals surface area (Å²) in [4.78, 5) is 12.6. The van der Waals surface area contributed by atoms with E-state index in [1.807, 2.05) is 20.8 Å². The van der Waals surface area contributed by atoms with Crippen molar-refractivity contribution in [2.75, 3.05) is 44.2 Å². The smallest absolute Gasteiger partial charge is 0.134 e. The molecule has 0 amide bonds. The normalized spacial score (nSPS) is 18.5. The fourth-order valence-electron chi connectivity index (χ4n) is 2.35. The lowest BCUT2D eigenvalue weighted by molar-refractivity contribution is -0.0563. The molecule has 1 aliphatic heterocycles. The fourth-order valence-corrected chi connectivity index (χ4v) is 2.49. The van der Waals surface area contributed by atoms with Gasteiger partial charge >= 0.3 is 0 Å². The van der Waals surface area contributed by atoms with Gasteiger partial charge in [0.05, 0.1) is 18.3 Å². The van der Waals surface area contributed by atoms with E-state index in [4.69, 9.17) is 16.3 Å². The molecule has 1 fully saturated rings. The van der Waals surface area contributed by atoms with Crippen molar-refractivity contribution in [3.8, 4) is 0 Å². The summed E-state index contributed by atoms with van der Waals surface area (Å²) in [6, 6.07) is 1.78. The van der Waals surface area contributed by atoms with Gasteiger partial charge in [0.25, 0.3) is 0 Å². The Bertz CT molecular complexity index is 473. The van der Waals surface area contributed by atoms with E-state index in [0.29, 0.717) is 18.3 Å². The Hall–Kier alpha value is -0.950. The van der Waals surface area contributed by atoms with Gasteiger partial charge < -0.3 is 14.7 Å². The van der Waals surface area contributed by atoms with Gasteiger partial charge in [-0.05, 0) is 20.8 Å². The third kappa shape index (κ3) is 5.68. The first kappa shape index (κ1) is 17.4. The van der Waals surface area contributed by atoms with Crippen LogP contribution in [0.15, 0.2) is 12.4 Å². The van der Waals surface area contributed by atoms with Crippen LogP contribution >= 0.6 is 11.6 Å². The van der Waals surface area contributed by atoms with Crippen molar-refractivity contribution in [1.82, 2.24) is 14.9 Å². The van der Waals surface area contributed by atoms with Crippen LogP contribution in [0.1, 0.15) is 20.8 Å². The monoisotopic (exact) mass is 328 g/mol. The lowest BCUT2D eigenvalue weighted by Gasteiger charge is -2.36. The quantitative estimate of drug-likeness (QED) is 0.825. The third-order valence-corrected chi connectivity index (χ3v) is 3.70. The molecule has 2 heterocycles. The summed E-state index contributed by atoms with van der Waals surface area (Å²) in [6.45, 7) is 10.5. The molecule has 0 saturated carbocycles. The first-order valence-electron chi connectivity index (χ1n) is 7.60. The average molecular weight is 329 g/mol. The highest BCUT2D eigenvalue weighted by Gasteiger charge is 2.21. The number of halogens is 1. The van der Waals surface area contributed by atoms with Gasteiger partial charge in [0.15, 0.2) is 0 Å². The van der Waals surface area contributed by atoms with Crippen LogP contribution < -0.4 is 4.90 Å². The van der Waals surface area contributed by atoms with Crippen LogP contribution in [0.4, 0.5) is 5.82 Å². The van der Waals surface area contributed by atoms with Crippen LogP contribution in [-0.4, -0.2) is 71.0 Å². The highest BCUT2D eigenvalue weighted by Crippen LogP contribution is 2.16. The number of β-amino-alcohol motifs (C(OH)–C–C–N with tert-alkyl or cyclic N) is 1. The molecule has 6 nitrogen and oxygen atoms in total. The lowest BCUT2D eigenvalue weighted by Crippen LogP contribution is -2.49. The second-order valence-corrected chi connectivity index (χ2v) is 6.95. The van der Waals surface area contributed by atoms with Crippen LogP contribution in [0.5, 0.6) is 0 Å². The summed E-state index contributed by atoms with van der Waals surface area (Å²) in [5, 5.41) is 10.5. The molecule has 1 N–H and O–H groups in total. The van der Waals surface area contributed by atoms with Gasteiger partial charge in [-0.1, -0.05) is 11.6 Å². The van der Waals surface area contributed by atoms with Crippen LogP contribution in [0.2, 0.25) is 5.15 Å². The molecule has 1 saturated heterocycles. The van der Waals surface area contributed by atoms with E-state index in [1.54, 1.807) is 6.07 Å². The van der Waals surface area contributed by atoms with Crippen LogP contribution in [0, 0.1) is 0 Å². The summed E-state index contributed by atoms with van der Waals surface area (Å²) in [5.41, 5.74) is -0.216. The van der Waals surface area contributed by atoms with Crippen molar-refractivity contribution in [3.63, 3.8) is 0 Å². The maximum Gasteiger partial charge on any atom is 0.134 e. The van der Waals surface area contributed by atoms with Crippen molar-refractivity contribution < 1.29 is 9.84 Å². The number of aromatic nitrogens is 2. The number of piperazine rings is 1. The zero-order valence-electron chi connectivity index (χ0n) is 13.5. The second kappa shape index (κ2) is 7.55. The van der Waals surface area contributed by atoms with E-state index < -0.39 is 6.10 Å². The average Bonchev–Trinajstić information content (AvgIpc) is 2.45. The standard InChI is InChI=1S/C15H25ClN4O2/c1-15(2,3)22-10-12(21)9-19-4-6-20(7-5-19)14-8-13(16)17-11-18-14/h8,11-12,21H,4-7,9-10H2,1-3H3. The summed E-state index contributed by atoms with van der Waals surface area (Å²) in [5.74, 6) is 0.858. The number of aliphatic hydroxyl groups excluding tert-OH is 1. The zero-order valence-corrected chi connectivity index (χ0v) is 14.3. The molecule has 124 valence electrons. The molecular weight excluding hydrogens is 304 g/mol. The van der Waals surface area contributed by atoms with Crippen molar-refractivity contribution in [3.05, 3.63) is 17.5 Å². The van der Waals surface area contributed by atoms with E-state index in [1.165, 1.54) is 6.33 Å². The van der Waals surface area contributed by atoms with Crippen LogP contribution in [0.3, 0.4) is 0 Å². The van der Waals surface area contributed by atoms with Gasteiger partial charge in [-0.25, -0.2) is 9.97 Å². The minimum atomic E-state index is -0.459. The molecule has 1 atom stereocenters. The highest BCUT2D eigenvalue weighted by molar-refractivity contribution is 6.29. The van der Waals surface area contributed by atoms with E-state index in [-0.39, 0.29) is 5.60 Å². The van der Waals surface area contributed by atoms with Gasteiger partial charge in [-0.2, -0.15) is 0 Å². The summed E-state index contributed by atoms with van der Waals surface area (Å²) >= 11 is 5.90. The number of aliphatic hydroxyl groups is 1. The van der Waals surface area contributed by atoms with Crippen LogP contribution in [0.25, 0.3) is 0 Å². The number of ether oxygens (including phenoxy) is 1. The van der Waals surface area contributed by atoms with Gasteiger partial charge in [-0.15, -0.1) is 0 Å². The number of hydrogen-bond donors (Lipinski definition) is 1. The SMILES string of the molecule is CC(C)(C)OCC(O)CN1CCN(c2cc(Cl)ncn2)CC1. The Morgan fingerprint density at radius 2 is 1.95 bits per heavy atom. The lowest BCUT2D eigenvalue weighted by atomic mass is 10.2. The molecule has 0 radical (unpaired) electrons. The van der Waals surface area contributed by atoms with E-state index in [2.05, 4.69) is 19.8 Å². The minimum absolute atomic E-state index is 0.216. The predicted molar refractivity (Wildman–Crippen MR) is 87.4 cm³/mol. The van der Waals surface area contributed by atoms with Crippen molar-refractivity contribution in [1.29, 1.82) is 0 Å².